The Morgan fingerprint density at radius 1 is 0.895 bits per heavy atom. The molecule has 0 unspecified atom stereocenters. The van der Waals surface area contributed by atoms with Crippen molar-refractivity contribution in [3.8, 4) is 0 Å². The zero-order valence-electron chi connectivity index (χ0n) is 20.8. The minimum Gasteiger partial charge on any atom is -0.350 e. The summed E-state index contributed by atoms with van der Waals surface area (Å²) in [4.78, 5) is 29.2. The van der Waals surface area contributed by atoms with Crippen LogP contribution in [-0.4, -0.2) is 26.8 Å². The number of fused-ring (bicyclic) bond motifs is 1. The Morgan fingerprint density at radius 2 is 1.58 bits per heavy atom. The first-order valence-electron chi connectivity index (χ1n) is 12.2. The molecule has 38 heavy (non-hydrogen) atoms. The van der Waals surface area contributed by atoms with Gasteiger partial charge in [0, 0.05) is 17.8 Å². The fourth-order valence-corrected chi connectivity index (χ4v) is 4.47. The standard InChI is InChI=1S/C30H26FN5O2/c1-21-11-5-9-17-26(21)36(28(37)20-35-27-18-10-8-16-25(27)33-34-35)29(23-14-6-7-15-24(23)31)30(38)32-19-22-12-3-2-4-13-22/h2-18,29H,19-20H2,1H3,(H,32,38)/t29-/m1/s1. The molecule has 7 nitrogen and oxygen atoms in total. The molecule has 5 aromatic rings. The summed E-state index contributed by atoms with van der Waals surface area (Å²) < 4.78 is 16.7. The lowest BCUT2D eigenvalue weighted by Crippen LogP contribution is -2.45. The van der Waals surface area contributed by atoms with Crippen LogP contribution >= 0.6 is 0 Å². The van der Waals surface area contributed by atoms with Crippen LogP contribution in [0, 0.1) is 12.7 Å². The van der Waals surface area contributed by atoms with E-state index in [1.54, 1.807) is 24.3 Å². The van der Waals surface area contributed by atoms with E-state index in [0.29, 0.717) is 16.7 Å². The average molecular weight is 508 g/mol. The minimum absolute atomic E-state index is 0.0955. The summed E-state index contributed by atoms with van der Waals surface area (Å²) in [6, 6.07) is 28.7. The molecule has 1 heterocycles. The summed E-state index contributed by atoms with van der Waals surface area (Å²) in [5.41, 5.74) is 3.58. The highest BCUT2D eigenvalue weighted by molar-refractivity contribution is 6.02. The largest absolute Gasteiger partial charge is 0.350 e. The van der Waals surface area contributed by atoms with Gasteiger partial charge in [0.2, 0.25) is 11.8 Å². The maximum atomic E-state index is 15.2. The predicted molar refractivity (Wildman–Crippen MR) is 144 cm³/mol. The number of amides is 2. The molecule has 0 bridgehead atoms. The van der Waals surface area contributed by atoms with Gasteiger partial charge in [0.15, 0.2) is 0 Å². The van der Waals surface area contributed by atoms with E-state index in [0.717, 1.165) is 11.1 Å². The van der Waals surface area contributed by atoms with E-state index in [1.165, 1.54) is 21.7 Å². The lowest BCUT2D eigenvalue weighted by atomic mass is 10.0. The van der Waals surface area contributed by atoms with Crippen molar-refractivity contribution in [2.75, 3.05) is 4.90 Å². The van der Waals surface area contributed by atoms with Crippen LogP contribution in [0.4, 0.5) is 10.1 Å². The normalized spacial score (nSPS) is 11.7. The number of hydrogen-bond acceptors (Lipinski definition) is 4. The Morgan fingerprint density at radius 3 is 2.37 bits per heavy atom. The molecule has 0 fully saturated rings. The first-order valence-corrected chi connectivity index (χ1v) is 12.2. The maximum Gasteiger partial charge on any atom is 0.249 e. The van der Waals surface area contributed by atoms with Gasteiger partial charge in [0.1, 0.15) is 23.9 Å². The molecule has 0 spiro atoms. The topological polar surface area (TPSA) is 80.1 Å². The Hall–Kier alpha value is -4.85. The molecule has 0 aliphatic rings. The number of anilines is 1. The van der Waals surface area contributed by atoms with Gasteiger partial charge in [-0.15, -0.1) is 5.10 Å². The predicted octanol–water partition coefficient (Wildman–Crippen LogP) is 4.97. The summed E-state index contributed by atoms with van der Waals surface area (Å²) in [6.45, 7) is 1.89. The van der Waals surface area contributed by atoms with E-state index in [-0.39, 0.29) is 18.7 Å². The van der Waals surface area contributed by atoms with Gasteiger partial charge in [0.25, 0.3) is 0 Å². The van der Waals surface area contributed by atoms with Crippen molar-refractivity contribution in [2.45, 2.75) is 26.1 Å². The highest BCUT2D eigenvalue weighted by atomic mass is 19.1. The SMILES string of the molecule is Cc1ccccc1N(C(=O)Cn1nnc2ccccc21)[C@@H](C(=O)NCc1ccccc1)c1ccccc1F. The van der Waals surface area contributed by atoms with E-state index in [9.17, 15) is 9.59 Å². The number of aromatic nitrogens is 3. The number of para-hydroxylation sites is 2. The van der Waals surface area contributed by atoms with Crippen molar-refractivity contribution in [3.63, 3.8) is 0 Å². The third kappa shape index (κ3) is 5.15. The number of benzene rings is 4. The monoisotopic (exact) mass is 507 g/mol. The van der Waals surface area contributed by atoms with E-state index in [4.69, 9.17) is 0 Å². The fraction of sp³-hybridized carbons (Fsp3) is 0.133. The maximum absolute atomic E-state index is 15.2. The Labute approximate surface area is 219 Å². The molecule has 2 amide bonds. The summed E-state index contributed by atoms with van der Waals surface area (Å²) in [5, 5.41) is 11.2. The van der Waals surface area contributed by atoms with Gasteiger partial charge in [-0.05, 0) is 42.3 Å². The Bertz CT molecular complexity index is 1580. The molecule has 4 aromatic carbocycles. The van der Waals surface area contributed by atoms with E-state index < -0.39 is 23.7 Å². The van der Waals surface area contributed by atoms with Crippen LogP contribution in [0.3, 0.4) is 0 Å². The van der Waals surface area contributed by atoms with Crippen molar-refractivity contribution in [3.05, 3.63) is 126 Å². The summed E-state index contributed by atoms with van der Waals surface area (Å²) in [6.07, 6.45) is 0. The van der Waals surface area contributed by atoms with Crippen molar-refractivity contribution in [1.29, 1.82) is 0 Å². The number of hydrogen-bond donors (Lipinski definition) is 1. The van der Waals surface area contributed by atoms with Crippen LogP contribution in [-0.2, 0) is 22.7 Å². The molecule has 0 radical (unpaired) electrons. The lowest BCUT2D eigenvalue weighted by Gasteiger charge is -2.32. The van der Waals surface area contributed by atoms with Gasteiger partial charge >= 0.3 is 0 Å². The van der Waals surface area contributed by atoms with Crippen molar-refractivity contribution < 1.29 is 14.0 Å². The molecule has 1 aromatic heterocycles. The quantitative estimate of drug-likeness (QED) is 0.322. The van der Waals surface area contributed by atoms with Gasteiger partial charge in [0.05, 0.1) is 5.52 Å². The van der Waals surface area contributed by atoms with E-state index in [1.807, 2.05) is 73.7 Å². The Balaban J connectivity index is 1.58. The number of rotatable bonds is 8. The van der Waals surface area contributed by atoms with Crippen LogP contribution in [0.1, 0.15) is 22.7 Å². The number of carbonyl (C=O) groups excluding carboxylic acids is 2. The smallest absolute Gasteiger partial charge is 0.249 e. The van der Waals surface area contributed by atoms with E-state index >= 15 is 4.39 Å². The zero-order valence-corrected chi connectivity index (χ0v) is 20.8. The summed E-state index contributed by atoms with van der Waals surface area (Å²) in [7, 11) is 0. The van der Waals surface area contributed by atoms with Crippen LogP contribution in [0.2, 0.25) is 0 Å². The average Bonchev–Trinajstić information content (AvgIpc) is 3.34. The second-order valence-corrected chi connectivity index (χ2v) is 8.91. The molecule has 1 atom stereocenters. The van der Waals surface area contributed by atoms with Gasteiger partial charge in [-0.2, -0.15) is 0 Å². The number of carbonyl (C=O) groups is 2. The molecule has 5 rings (SSSR count). The molecule has 190 valence electrons. The third-order valence-electron chi connectivity index (χ3n) is 6.36. The molecule has 0 aliphatic heterocycles. The summed E-state index contributed by atoms with van der Waals surface area (Å²) >= 11 is 0. The third-order valence-corrected chi connectivity index (χ3v) is 6.36. The van der Waals surface area contributed by atoms with Crippen molar-refractivity contribution >= 4 is 28.5 Å². The molecule has 8 heteroatoms. The second kappa shape index (κ2) is 11.0. The number of halogens is 1. The molecule has 0 aliphatic carbocycles. The van der Waals surface area contributed by atoms with Crippen molar-refractivity contribution in [1.82, 2.24) is 20.3 Å². The minimum atomic E-state index is -1.26. The molecular formula is C30H26FN5O2. The van der Waals surface area contributed by atoms with Crippen LogP contribution in [0.5, 0.6) is 0 Å². The van der Waals surface area contributed by atoms with Gasteiger partial charge in [-0.3, -0.25) is 14.5 Å². The summed E-state index contributed by atoms with van der Waals surface area (Å²) in [5.74, 6) is -1.51. The number of nitrogens with one attached hydrogen (secondary N) is 1. The second-order valence-electron chi connectivity index (χ2n) is 8.91. The van der Waals surface area contributed by atoms with E-state index in [2.05, 4.69) is 15.6 Å². The van der Waals surface area contributed by atoms with Crippen LogP contribution in [0.25, 0.3) is 11.0 Å². The van der Waals surface area contributed by atoms with Gasteiger partial charge < -0.3 is 5.32 Å². The number of aryl methyl sites for hydroxylation is 1. The molecular weight excluding hydrogens is 481 g/mol. The van der Waals surface area contributed by atoms with Crippen LogP contribution < -0.4 is 10.2 Å². The lowest BCUT2D eigenvalue weighted by molar-refractivity contribution is -0.127. The van der Waals surface area contributed by atoms with Gasteiger partial charge in [-0.25, -0.2) is 9.07 Å². The van der Waals surface area contributed by atoms with Gasteiger partial charge in [-0.1, -0.05) is 84.1 Å². The molecule has 0 saturated heterocycles. The first kappa shape index (κ1) is 24.8. The highest BCUT2D eigenvalue weighted by Crippen LogP contribution is 2.32. The highest BCUT2D eigenvalue weighted by Gasteiger charge is 2.35. The first-order chi connectivity index (χ1) is 18.5. The molecule has 1 N–H and O–H groups in total. The van der Waals surface area contributed by atoms with Crippen molar-refractivity contribution in [2.24, 2.45) is 0 Å². The zero-order chi connectivity index (χ0) is 26.5. The number of nitrogens with zero attached hydrogens (tertiary/aromatic N) is 4. The molecule has 0 saturated carbocycles. The fourth-order valence-electron chi connectivity index (χ4n) is 4.47. The van der Waals surface area contributed by atoms with Crippen LogP contribution in [0.15, 0.2) is 103 Å². The Kier molecular flexibility index (Phi) is 7.21.